The van der Waals surface area contributed by atoms with Crippen LogP contribution in [0.15, 0.2) is 84.2 Å². The van der Waals surface area contributed by atoms with Crippen molar-refractivity contribution in [2.75, 3.05) is 0 Å². The number of rotatable bonds is 4. The van der Waals surface area contributed by atoms with Crippen LogP contribution in [-0.4, -0.2) is 19.1 Å². The molecule has 3 aromatic heterocycles. The Balaban J connectivity index is 1.89. The average Bonchev–Trinajstić information content (AvgIpc) is 3.33. The number of imidazole rings is 1. The van der Waals surface area contributed by atoms with Crippen molar-refractivity contribution in [2.24, 2.45) is 7.05 Å². The van der Waals surface area contributed by atoms with Crippen LogP contribution in [0.1, 0.15) is 22.4 Å². The number of pyridine rings is 2. The van der Waals surface area contributed by atoms with Gasteiger partial charge in [-0.1, -0.05) is 41.8 Å². The van der Waals surface area contributed by atoms with E-state index in [-0.39, 0.29) is 15.5 Å². The van der Waals surface area contributed by atoms with E-state index in [0.717, 1.165) is 6.07 Å². The zero-order chi connectivity index (χ0) is 27.2. The van der Waals surface area contributed by atoms with Crippen LogP contribution in [0, 0.1) is 12.3 Å². The molecule has 0 fully saturated rings. The number of hydrogen-bond donors (Lipinski definition) is 0. The van der Waals surface area contributed by atoms with Gasteiger partial charge in [0.25, 0.3) is 5.56 Å². The molecule has 0 N–H and O–H groups in total. The summed E-state index contributed by atoms with van der Waals surface area (Å²) in [7, 11) is 1.75. The molecule has 0 aliphatic carbocycles. The lowest BCUT2D eigenvalue weighted by Gasteiger charge is -2.29. The van der Waals surface area contributed by atoms with Crippen molar-refractivity contribution in [3.63, 3.8) is 0 Å². The van der Waals surface area contributed by atoms with Crippen molar-refractivity contribution in [1.29, 1.82) is 0 Å². The molecule has 190 valence electrons. The highest BCUT2D eigenvalue weighted by Crippen LogP contribution is 2.44. The minimum absolute atomic E-state index is 0.0646. The Morgan fingerprint density at radius 3 is 2.37 bits per heavy atom. The van der Waals surface area contributed by atoms with Gasteiger partial charge in [0.05, 0.1) is 18.2 Å². The zero-order valence-corrected chi connectivity index (χ0v) is 21.2. The number of aryl methyl sites for hydroxylation is 1. The van der Waals surface area contributed by atoms with Crippen LogP contribution in [0.5, 0.6) is 0 Å². The number of aromatic nitrogens is 4. The van der Waals surface area contributed by atoms with Gasteiger partial charge in [0.2, 0.25) is 0 Å². The summed E-state index contributed by atoms with van der Waals surface area (Å²) in [5.74, 6) is 2.50. The van der Waals surface area contributed by atoms with Gasteiger partial charge >= 0.3 is 6.30 Å². The van der Waals surface area contributed by atoms with E-state index < -0.39 is 22.4 Å². The number of nitrogens with zero attached hydrogens (tertiary/aromatic N) is 4. The molecule has 0 aliphatic rings. The molecule has 3 heterocycles. The fourth-order valence-corrected chi connectivity index (χ4v) is 5.02. The highest BCUT2D eigenvalue weighted by molar-refractivity contribution is 6.31. The van der Waals surface area contributed by atoms with Crippen LogP contribution in [-0.2, 0) is 18.2 Å². The molecule has 0 amide bonds. The van der Waals surface area contributed by atoms with Gasteiger partial charge in [0.15, 0.2) is 5.65 Å². The molecule has 5 aromatic rings. The quantitative estimate of drug-likeness (QED) is 0.190. The van der Waals surface area contributed by atoms with Crippen molar-refractivity contribution < 1.29 is 13.2 Å². The van der Waals surface area contributed by atoms with Crippen LogP contribution < -0.4 is 5.56 Å². The topological polar surface area (TPSA) is 52.7 Å². The largest absolute Gasteiger partial charge is 0.493 e. The molecule has 0 radical (unpaired) electrons. The second kappa shape index (κ2) is 9.35. The van der Waals surface area contributed by atoms with Gasteiger partial charge in [0.1, 0.15) is 4.87 Å². The smallest absolute Gasteiger partial charge is 0.336 e. The molecule has 2 aromatic carbocycles. The van der Waals surface area contributed by atoms with Crippen molar-refractivity contribution in [2.45, 2.75) is 11.2 Å². The third-order valence-corrected chi connectivity index (χ3v) is 7.14. The van der Waals surface area contributed by atoms with Gasteiger partial charge in [-0.2, -0.15) is 0 Å². The first-order valence-electron chi connectivity index (χ1n) is 11.2. The first kappa shape index (κ1) is 25.6. The number of terminal acetylenes is 1. The summed E-state index contributed by atoms with van der Waals surface area (Å²) in [6, 6.07) is 15.8. The van der Waals surface area contributed by atoms with E-state index in [9.17, 15) is 18.0 Å². The fourth-order valence-electron chi connectivity index (χ4n) is 4.48. The highest BCUT2D eigenvalue weighted by atomic mass is 35.5. The molecule has 5 rings (SSSR count). The molecular formula is C28H17Cl2F3N4O. The van der Waals surface area contributed by atoms with Crippen LogP contribution in [0.4, 0.5) is 13.2 Å². The Morgan fingerprint density at radius 2 is 1.74 bits per heavy atom. The molecule has 0 bridgehead atoms. The molecule has 1 atom stereocenters. The van der Waals surface area contributed by atoms with Crippen molar-refractivity contribution in [3.05, 3.63) is 117 Å². The number of fused-ring (bicyclic) bond motifs is 1. The Labute approximate surface area is 225 Å². The molecule has 0 saturated heterocycles. The van der Waals surface area contributed by atoms with Gasteiger partial charge in [-0.05, 0) is 47.0 Å². The van der Waals surface area contributed by atoms with Gasteiger partial charge in [-0.25, -0.2) is 14.5 Å². The summed E-state index contributed by atoms with van der Waals surface area (Å²) in [5.41, 5.74) is 0.862. The van der Waals surface area contributed by atoms with Gasteiger partial charge in [0, 0.05) is 40.8 Å². The Morgan fingerprint density at radius 1 is 1.00 bits per heavy atom. The zero-order valence-electron chi connectivity index (χ0n) is 19.7. The minimum Gasteiger partial charge on any atom is -0.336 e. The molecule has 38 heavy (non-hydrogen) atoms. The van der Waals surface area contributed by atoms with E-state index in [4.69, 9.17) is 29.6 Å². The lowest BCUT2D eigenvalue weighted by atomic mass is 9.87. The molecule has 10 heteroatoms. The number of hydrogen-bond acceptors (Lipinski definition) is 3. The summed E-state index contributed by atoms with van der Waals surface area (Å²) in [6.45, 7) is 0. The van der Waals surface area contributed by atoms with Gasteiger partial charge in [-0.15, -0.1) is 31.2 Å². The van der Waals surface area contributed by atoms with Crippen LogP contribution in [0.25, 0.3) is 22.2 Å². The van der Waals surface area contributed by atoms with Gasteiger partial charge < -0.3 is 4.57 Å². The maximum Gasteiger partial charge on any atom is 0.493 e. The Bertz CT molecular complexity index is 1790. The molecule has 5 nitrogen and oxygen atoms in total. The third-order valence-electron chi connectivity index (χ3n) is 6.26. The fraction of sp³-hybridized carbons (Fsp3) is 0.107. The summed E-state index contributed by atoms with van der Waals surface area (Å²) < 4.78 is 43.4. The Kier molecular flexibility index (Phi) is 6.30. The summed E-state index contributed by atoms with van der Waals surface area (Å²) in [5, 5.41) is 0.550. The van der Waals surface area contributed by atoms with Crippen LogP contribution in [0.2, 0.25) is 5.02 Å². The second-order valence-corrected chi connectivity index (χ2v) is 9.58. The minimum atomic E-state index is -5.00. The molecule has 0 aliphatic heterocycles. The summed E-state index contributed by atoms with van der Waals surface area (Å²) in [4.78, 5) is 19.6. The van der Waals surface area contributed by atoms with Crippen LogP contribution in [0.3, 0.4) is 0 Å². The monoisotopic (exact) mass is 552 g/mol. The first-order valence-corrected chi connectivity index (χ1v) is 11.9. The third kappa shape index (κ3) is 4.24. The van der Waals surface area contributed by atoms with E-state index in [1.54, 1.807) is 72.7 Å². The molecular weight excluding hydrogens is 536 g/mol. The maximum atomic E-state index is 14.0. The predicted octanol–water partition coefficient (Wildman–Crippen LogP) is 6.44. The van der Waals surface area contributed by atoms with E-state index in [0.29, 0.717) is 33.0 Å². The first-order chi connectivity index (χ1) is 18.0. The van der Waals surface area contributed by atoms with E-state index in [2.05, 4.69) is 15.9 Å². The standard InChI is InChI=1S/C28H17Cl2F3N4O/c1-3-17-5-4-6-18(11-17)22-13-25(38)37(28(31,32)33)26-23(22)12-20(14-35-26)27(30,24-15-34-16-36(24)2)19-7-9-21(29)10-8-19/h1,4-16H,2H3/t27-/m1/s1. The maximum absolute atomic E-state index is 14.0. The van der Waals surface area contributed by atoms with E-state index >= 15 is 0 Å². The summed E-state index contributed by atoms with van der Waals surface area (Å²) in [6.07, 6.45) is 4.90. The summed E-state index contributed by atoms with van der Waals surface area (Å²) >= 11 is 13.5. The lowest BCUT2D eigenvalue weighted by Crippen LogP contribution is -2.32. The lowest BCUT2D eigenvalue weighted by molar-refractivity contribution is -0.203. The van der Waals surface area contributed by atoms with E-state index in [1.807, 2.05) is 0 Å². The Hall–Kier alpha value is -4.06. The molecule has 0 spiro atoms. The number of alkyl halides is 4. The van der Waals surface area contributed by atoms with Gasteiger partial charge in [-0.3, -0.25) is 4.79 Å². The second-order valence-electron chi connectivity index (χ2n) is 8.57. The SMILES string of the molecule is C#Cc1cccc(-c2cc(=O)n(C(F)(F)F)c3ncc([C@](Cl)(c4ccc(Cl)cc4)c4cncn4C)cc23)c1. The molecule has 0 saturated carbocycles. The van der Waals surface area contributed by atoms with Crippen LogP contribution >= 0.6 is 23.2 Å². The van der Waals surface area contributed by atoms with Crippen molar-refractivity contribution in [1.82, 2.24) is 19.1 Å². The van der Waals surface area contributed by atoms with Crippen molar-refractivity contribution in [3.8, 4) is 23.5 Å². The van der Waals surface area contributed by atoms with Crippen molar-refractivity contribution >= 4 is 34.2 Å². The highest BCUT2D eigenvalue weighted by Gasteiger charge is 2.39. The number of benzene rings is 2. The van der Waals surface area contributed by atoms with E-state index in [1.165, 1.54) is 12.3 Å². The number of halogens is 5. The normalized spacial score (nSPS) is 13.3. The predicted molar refractivity (Wildman–Crippen MR) is 141 cm³/mol. The average molecular weight is 553 g/mol. The molecule has 0 unspecified atom stereocenters.